The molecule has 0 unspecified atom stereocenters. The van der Waals surface area contributed by atoms with Crippen LogP contribution in [0.4, 0.5) is 0 Å². The zero-order valence-corrected chi connectivity index (χ0v) is 18.6. The quantitative estimate of drug-likeness (QED) is 0.605. The molecule has 4 heteroatoms. The van der Waals surface area contributed by atoms with Crippen LogP contribution < -0.4 is 0 Å². The predicted octanol–water partition coefficient (Wildman–Crippen LogP) is 6.44. The Balaban J connectivity index is 2.72. The third-order valence-corrected chi connectivity index (χ3v) is 5.35. The number of hydrogen-bond acceptors (Lipinski definition) is 3. The molecule has 2 N–H and O–H groups in total. The van der Waals surface area contributed by atoms with Crippen molar-refractivity contribution in [2.45, 2.75) is 90.0 Å². The lowest BCUT2D eigenvalue weighted by Gasteiger charge is -2.28. The molecule has 2 rings (SSSR count). The van der Waals surface area contributed by atoms with Gasteiger partial charge in [-0.1, -0.05) is 74.1 Å². The van der Waals surface area contributed by atoms with E-state index in [0.717, 1.165) is 39.7 Å². The van der Waals surface area contributed by atoms with Crippen LogP contribution in [-0.4, -0.2) is 20.3 Å². The number of hydrogen-bond donors (Lipinski definition) is 2. The van der Waals surface area contributed by atoms with Crippen LogP contribution in [0.1, 0.15) is 79.1 Å². The van der Waals surface area contributed by atoms with Crippen molar-refractivity contribution < 1.29 is 5.11 Å². The molecule has 0 fully saturated rings. The number of phenolic OH excluding ortho intramolecular Hbond substituents is 1. The molecule has 0 spiro atoms. The second-order valence-electron chi connectivity index (χ2n) is 9.31. The highest BCUT2D eigenvalue weighted by Crippen LogP contribution is 2.42. The zero-order valence-electron chi connectivity index (χ0n) is 17.7. The number of H-pyrrole nitrogens is 1. The first kappa shape index (κ1) is 20.9. The van der Waals surface area contributed by atoms with Gasteiger partial charge in [-0.3, -0.25) is 0 Å². The number of imidazole rings is 1. The van der Waals surface area contributed by atoms with E-state index in [4.69, 9.17) is 4.98 Å². The van der Waals surface area contributed by atoms with E-state index in [1.807, 2.05) is 0 Å². The highest BCUT2D eigenvalue weighted by molar-refractivity contribution is 7.99. The summed E-state index contributed by atoms with van der Waals surface area (Å²) in [5.74, 6) is 0.416. The van der Waals surface area contributed by atoms with Crippen LogP contribution in [0.2, 0.25) is 0 Å². The number of thioether (sulfide) groups is 1. The minimum atomic E-state index is -0.141. The van der Waals surface area contributed by atoms with Crippen LogP contribution in [0.15, 0.2) is 17.3 Å². The van der Waals surface area contributed by atoms with Gasteiger partial charge in [0, 0.05) is 27.6 Å². The fraction of sp³-hybridized carbons (Fsp3) is 0.591. The number of benzene rings is 1. The van der Waals surface area contributed by atoms with Gasteiger partial charge in [0.15, 0.2) is 5.16 Å². The first-order valence-corrected chi connectivity index (χ1v) is 10.4. The molecule has 0 aliphatic rings. The summed E-state index contributed by atoms with van der Waals surface area (Å²) in [5, 5.41) is 12.4. The molecule has 0 bridgehead atoms. The molecular weight excluding hydrogens is 340 g/mol. The summed E-state index contributed by atoms with van der Waals surface area (Å²) >= 11 is 1.75. The standard InChI is InChI=1S/C22H34N2OS/c1-10-17-18(24-20(23-17)26-13(2)3)14-11-15(21(4,5)6)19(25)16(12-14)22(7,8)9/h11-13,25H,10H2,1-9H3,(H,23,24). The van der Waals surface area contributed by atoms with Crippen LogP contribution in [0.25, 0.3) is 11.3 Å². The van der Waals surface area contributed by atoms with Gasteiger partial charge >= 0.3 is 0 Å². The first-order chi connectivity index (χ1) is 11.8. The Bertz CT molecular complexity index is 741. The van der Waals surface area contributed by atoms with Gasteiger partial charge in [0.25, 0.3) is 0 Å². The maximum Gasteiger partial charge on any atom is 0.166 e. The molecule has 1 aromatic heterocycles. The summed E-state index contributed by atoms with van der Waals surface area (Å²) in [5.41, 5.74) is 4.91. The topological polar surface area (TPSA) is 48.9 Å². The van der Waals surface area contributed by atoms with Crippen molar-refractivity contribution in [3.8, 4) is 17.0 Å². The van der Waals surface area contributed by atoms with Gasteiger partial charge in [-0.2, -0.15) is 0 Å². The number of aromatic nitrogens is 2. The highest BCUT2D eigenvalue weighted by Gasteiger charge is 2.27. The van der Waals surface area contributed by atoms with Gasteiger partial charge < -0.3 is 10.1 Å². The number of phenols is 1. The average molecular weight is 375 g/mol. The monoisotopic (exact) mass is 374 g/mol. The Morgan fingerprint density at radius 3 is 1.92 bits per heavy atom. The Labute approximate surface area is 163 Å². The predicted molar refractivity (Wildman–Crippen MR) is 113 cm³/mol. The number of aromatic amines is 1. The van der Waals surface area contributed by atoms with Crippen molar-refractivity contribution in [1.29, 1.82) is 0 Å². The van der Waals surface area contributed by atoms with Crippen LogP contribution in [0.3, 0.4) is 0 Å². The van der Waals surface area contributed by atoms with E-state index < -0.39 is 0 Å². The molecule has 0 aliphatic heterocycles. The van der Waals surface area contributed by atoms with Crippen molar-refractivity contribution in [2.24, 2.45) is 0 Å². The summed E-state index contributed by atoms with van der Waals surface area (Å²) in [6.45, 7) is 19.4. The Morgan fingerprint density at radius 1 is 1.04 bits per heavy atom. The SMILES string of the molecule is CCc1[nH]c(SC(C)C)nc1-c1cc(C(C)(C)C)c(O)c(C(C)(C)C)c1. The van der Waals surface area contributed by atoms with Gasteiger partial charge in [0.1, 0.15) is 5.75 Å². The average Bonchev–Trinajstić information content (AvgIpc) is 2.87. The Kier molecular flexibility index (Phi) is 5.86. The summed E-state index contributed by atoms with van der Waals surface area (Å²) in [7, 11) is 0. The van der Waals surface area contributed by atoms with Crippen molar-refractivity contribution in [3.63, 3.8) is 0 Å². The lowest BCUT2D eigenvalue weighted by Crippen LogP contribution is -2.17. The Morgan fingerprint density at radius 2 is 1.54 bits per heavy atom. The van der Waals surface area contributed by atoms with Crippen LogP contribution in [0.5, 0.6) is 5.75 Å². The van der Waals surface area contributed by atoms with E-state index in [2.05, 4.69) is 79.4 Å². The van der Waals surface area contributed by atoms with E-state index in [0.29, 0.717) is 11.0 Å². The molecule has 0 saturated carbocycles. The first-order valence-electron chi connectivity index (χ1n) is 9.48. The molecule has 0 atom stereocenters. The third-order valence-electron chi connectivity index (χ3n) is 4.46. The molecule has 0 amide bonds. The van der Waals surface area contributed by atoms with E-state index in [1.165, 1.54) is 0 Å². The van der Waals surface area contributed by atoms with Crippen molar-refractivity contribution >= 4 is 11.8 Å². The van der Waals surface area contributed by atoms with Crippen molar-refractivity contribution in [3.05, 3.63) is 29.0 Å². The largest absolute Gasteiger partial charge is 0.507 e. The molecule has 1 aromatic carbocycles. The minimum Gasteiger partial charge on any atom is -0.507 e. The smallest absolute Gasteiger partial charge is 0.166 e. The van der Waals surface area contributed by atoms with E-state index in [9.17, 15) is 5.11 Å². The van der Waals surface area contributed by atoms with Gasteiger partial charge in [0.2, 0.25) is 0 Å². The Hall–Kier alpha value is -1.42. The van der Waals surface area contributed by atoms with E-state index in [1.54, 1.807) is 11.8 Å². The van der Waals surface area contributed by atoms with Gasteiger partial charge in [0.05, 0.1) is 5.69 Å². The van der Waals surface area contributed by atoms with Crippen molar-refractivity contribution in [1.82, 2.24) is 9.97 Å². The van der Waals surface area contributed by atoms with E-state index in [-0.39, 0.29) is 10.8 Å². The molecule has 3 nitrogen and oxygen atoms in total. The second kappa shape index (κ2) is 7.30. The number of aromatic hydroxyl groups is 1. The summed E-state index contributed by atoms with van der Waals surface area (Å²) in [6, 6.07) is 4.23. The summed E-state index contributed by atoms with van der Waals surface area (Å²) in [4.78, 5) is 8.37. The third kappa shape index (κ3) is 4.46. The maximum absolute atomic E-state index is 10.9. The molecule has 1 heterocycles. The number of nitrogens with one attached hydrogen (secondary N) is 1. The molecular formula is C22H34N2OS. The molecule has 0 aliphatic carbocycles. The maximum atomic E-state index is 10.9. The number of nitrogens with zero attached hydrogens (tertiary/aromatic N) is 1. The van der Waals surface area contributed by atoms with Crippen LogP contribution in [0, 0.1) is 0 Å². The number of rotatable bonds is 4. The van der Waals surface area contributed by atoms with Gasteiger partial charge in [-0.15, -0.1) is 0 Å². The van der Waals surface area contributed by atoms with Gasteiger partial charge in [-0.25, -0.2) is 4.98 Å². The minimum absolute atomic E-state index is 0.141. The lowest BCUT2D eigenvalue weighted by molar-refractivity contribution is 0.423. The van der Waals surface area contributed by atoms with Crippen molar-refractivity contribution in [2.75, 3.05) is 0 Å². The fourth-order valence-corrected chi connectivity index (χ4v) is 3.85. The number of aryl methyl sites for hydroxylation is 1. The van der Waals surface area contributed by atoms with Crippen LogP contribution >= 0.6 is 11.8 Å². The highest BCUT2D eigenvalue weighted by atomic mass is 32.2. The molecule has 26 heavy (non-hydrogen) atoms. The fourth-order valence-electron chi connectivity index (χ4n) is 3.07. The second-order valence-corrected chi connectivity index (χ2v) is 10.9. The summed E-state index contributed by atoms with van der Waals surface area (Å²) < 4.78 is 0. The summed E-state index contributed by atoms with van der Waals surface area (Å²) in [6.07, 6.45) is 0.900. The van der Waals surface area contributed by atoms with E-state index >= 15 is 0 Å². The normalized spacial score (nSPS) is 12.8. The lowest BCUT2D eigenvalue weighted by atomic mass is 9.78. The molecule has 0 saturated heterocycles. The van der Waals surface area contributed by atoms with Crippen LogP contribution in [-0.2, 0) is 17.3 Å². The molecule has 144 valence electrons. The van der Waals surface area contributed by atoms with Gasteiger partial charge in [-0.05, 0) is 29.4 Å². The molecule has 2 aromatic rings. The zero-order chi connectivity index (χ0) is 19.9. The molecule has 0 radical (unpaired) electrons.